The van der Waals surface area contributed by atoms with Crippen LogP contribution in [0.3, 0.4) is 0 Å². The Balaban J connectivity index is 1.67. The third kappa shape index (κ3) is 3.31. The molecular weight excluding hydrogens is 354 g/mol. The molecule has 4 aromatic carbocycles. The van der Waals surface area contributed by atoms with Crippen LogP contribution in [0.1, 0.15) is 15.9 Å². The molecule has 0 aliphatic carbocycles. The zero-order valence-corrected chi connectivity index (χ0v) is 14.7. The van der Waals surface area contributed by atoms with Crippen LogP contribution in [-0.4, -0.2) is 17.0 Å². The van der Waals surface area contributed by atoms with Crippen LogP contribution in [0.2, 0.25) is 0 Å². The lowest BCUT2D eigenvalue weighted by Gasteiger charge is -2.08. The Bertz CT molecular complexity index is 1190. The normalized spacial score (nSPS) is 11.1. The number of amides is 1. The molecule has 4 aromatic rings. The van der Waals surface area contributed by atoms with E-state index in [0.29, 0.717) is 0 Å². The molecule has 1 N–H and O–H groups in total. The summed E-state index contributed by atoms with van der Waals surface area (Å²) in [6, 6.07) is 23.6. The highest BCUT2D eigenvalue weighted by Crippen LogP contribution is 2.27. The van der Waals surface area contributed by atoms with Crippen LogP contribution >= 0.6 is 0 Å². The number of carbonyl (C=O) groups excluding carboxylic acids is 1. The van der Waals surface area contributed by atoms with E-state index < -0.39 is 10.8 Å². The summed E-state index contributed by atoms with van der Waals surface area (Å²) in [6.45, 7) is 0. The topological polar surface area (TPSA) is 84.6 Å². The van der Waals surface area contributed by atoms with Gasteiger partial charge in [0.05, 0.1) is 11.1 Å². The summed E-state index contributed by atoms with van der Waals surface area (Å²) in [5, 5.41) is 19.2. The molecule has 6 heteroatoms. The smallest absolute Gasteiger partial charge is 0.267 e. The van der Waals surface area contributed by atoms with Crippen LogP contribution in [0, 0.1) is 10.1 Å². The van der Waals surface area contributed by atoms with E-state index in [0.717, 1.165) is 27.1 Å². The van der Waals surface area contributed by atoms with E-state index in [1.165, 1.54) is 24.3 Å². The highest BCUT2D eigenvalue weighted by Gasteiger charge is 2.11. The van der Waals surface area contributed by atoms with E-state index in [1.54, 1.807) is 6.21 Å². The summed E-state index contributed by atoms with van der Waals surface area (Å²) in [6.07, 6.45) is 1.61. The first-order valence-electron chi connectivity index (χ1n) is 8.62. The zero-order chi connectivity index (χ0) is 19.5. The molecule has 1 amide bonds. The first-order valence-corrected chi connectivity index (χ1v) is 8.62. The minimum absolute atomic E-state index is 0.142. The number of nitrogens with one attached hydrogen (secondary N) is 1. The molecule has 0 spiro atoms. The van der Waals surface area contributed by atoms with Gasteiger partial charge in [-0.15, -0.1) is 0 Å². The van der Waals surface area contributed by atoms with Crippen LogP contribution < -0.4 is 5.43 Å². The van der Waals surface area contributed by atoms with Crippen LogP contribution in [0.15, 0.2) is 84.0 Å². The monoisotopic (exact) mass is 369 g/mol. The Kier molecular flexibility index (Phi) is 4.51. The molecule has 0 saturated carbocycles. The number of nitro benzene ring substituents is 1. The number of hydrogen-bond donors (Lipinski definition) is 1. The largest absolute Gasteiger partial charge is 0.271 e. The summed E-state index contributed by atoms with van der Waals surface area (Å²) < 4.78 is 0. The molecule has 0 heterocycles. The maximum atomic E-state index is 12.3. The molecule has 6 nitrogen and oxygen atoms in total. The molecule has 0 fully saturated rings. The lowest BCUT2D eigenvalue weighted by atomic mass is 9.97. The number of non-ortho nitro benzene ring substituents is 1. The summed E-state index contributed by atoms with van der Waals surface area (Å²) in [5.74, 6) is -0.510. The number of benzene rings is 4. The Labute approximate surface area is 160 Å². The van der Waals surface area contributed by atoms with Gasteiger partial charge in [0, 0.05) is 23.3 Å². The molecule has 0 unspecified atom stereocenters. The number of hydrazone groups is 1. The van der Waals surface area contributed by atoms with E-state index in [1.807, 2.05) is 48.5 Å². The lowest BCUT2D eigenvalue weighted by molar-refractivity contribution is -0.384. The van der Waals surface area contributed by atoms with Crippen molar-refractivity contribution in [2.75, 3.05) is 0 Å². The molecular formula is C22H15N3O3. The van der Waals surface area contributed by atoms with E-state index >= 15 is 0 Å². The van der Waals surface area contributed by atoms with Gasteiger partial charge in [-0.2, -0.15) is 5.10 Å². The van der Waals surface area contributed by atoms with Crippen molar-refractivity contribution in [3.8, 4) is 0 Å². The second-order valence-corrected chi connectivity index (χ2v) is 6.24. The van der Waals surface area contributed by atoms with E-state index in [4.69, 9.17) is 0 Å². The third-order valence-electron chi connectivity index (χ3n) is 4.49. The highest BCUT2D eigenvalue weighted by molar-refractivity contribution is 6.13. The van der Waals surface area contributed by atoms with Gasteiger partial charge < -0.3 is 0 Å². The van der Waals surface area contributed by atoms with Crippen molar-refractivity contribution in [3.63, 3.8) is 0 Å². The van der Waals surface area contributed by atoms with Gasteiger partial charge in [-0.05, 0) is 33.7 Å². The van der Waals surface area contributed by atoms with Crippen molar-refractivity contribution in [3.05, 3.63) is 100 Å². The van der Waals surface area contributed by atoms with E-state index in [9.17, 15) is 14.9 Å². The first-order chi connectivity index (χ1) is 13.6. The minimum Gasteiger partial charge on any atom is -0.267 e. The molecule has 0 radical (unpaired) electrons. The second kappa shape index (κ2) is 7.28. The summed E-state index contributed by atoms with van der Waals surface area (Å²) >= 11 is 0. The van der Waals surface area contributed by atoms with Crippen molar-refractivity contribution >= 4 is 39.4 Å². The predicted molar refractivity (Wildman–Crippen MR) is 110 cm³/mol. The fraction of sp³-hybridized carbons (Fsp3) is 0. The maximum Gasteiger partial charge on any atom is 0.271 e. The summed E-state index contributed by atoms with van der Waals surface area (Å²) in [5.41, 5.74) is 3.38. The average molecular weight is 369 g/mol. The predicted octanol–water partition coefficient (Wildman–Crippen LogP) is 4.67. The molecule has 136 valence electrons. The van der Waals surface area contributed by atoms with Gasteiger partial charge in [0.1, 0.15) is 0 Å². The number of nitro groups is 1. The van der Waals surface area contributed by atoms with Crippen LogP contribution in [0.4, 0.5) is 5.69 Å². The fourth-order valence-electron chi connectivity index (χ4n) is 3.17. The molecule has 4 rings (SSSR count). The highest BCUT2D eigenvalue weighted by atomic mass is 16.6. The number of rotatable bonds is 4. The van der Waals surface area contributed by atoms with Gasteiger partial charge in [0.25, 0.3) is 11.6 Å². The number of nitrogens with zero attached hydrogens (tertiary/aromatic N) is 2. The van der Waals surface area contributed by atoms with Gasteiger partial charge >= 0.3 is 0 Å². The van der Waals surface area contributed by atoms with E-state index in [2.05, 4.69) is 16.6 Å². The number of carbonyl (C=O) groups is 1. The Hall–Kier alpha value is -4.06. The van der Waals surface area contributed by atoms with Crippen LogP contribution in [0.25, 0.3) is 21.5 Å². The van der Waals surface area contributed by atoms with Gasteiger partial charge in [-0.3, -0.25) is 14.9 Å². The van der Waals surface area contributed by atoms with E-state index in [-0.39, 0.29) is 11.3 Å². The summed E-state index contributed by atoms with van der Waals surface area (Å²) in [4.78, 5) is 22.6. The van der Waals surface area contributed by atoms with Gasteiger partial charge in [0.15, 0.2) is 0 Å². The Morgan fingerprint density at radius 1 is 0.893 bits per heavy atom. The van der Waals surface area contributed by atoms with Crippen molar-refractivity contribution in [1.29, 1.82) is 0 Å². The average Bonchev–Trinajstić information content (AvgIpc) is 2.73. The lowest BCUT2D eigenvalue weighted by Crippen LogP contribution is -2.17. The van der Waals surface area contributed by atoms with Gasteiger partial charge in [-0.1, -0.05) is 54.6 Å². The minimum atomic E-state index is -0.539. The fourth-order valence-corrected chi connectivity index (χ4v) is 3.17. The second-order valence-electron chi connectivity index (χ2n) is 6.24. The molecule has 0 aliphatic heterocycles. The van der Waals surface area contributed by atoms with Crippen molar-refractivity contribution < 1.29 is 9.72 Å². The van der Waals surface area contributed by atoms with Gasteiger partial charge in [0.2, 0.25) is 0 Å². The Morgan fingerprint density at radius 3 is 2.18 bits per heavy atom. The molecule has 0 aliphatic rings. The molecule has 0 saturated heterocycles. The molecule has 0 aromatic heterocycles. The first kappa shape index (κ1) is 17.4. The maximum absolute atomic E-state index is 12.3. The van der Waals surface area contributed by atoms with Crippen molar-refractivity contribution in [2.24, 2.45) is 5.10 Å². The Morgan fingerprint density at radius 2 is 1.54 bits per heavy atom. The van der Waals surface area contributed by atoms with Crippen molar-refractivity contribution in [2.45, 2.75) is 0 Å². The standard InChI is InChI=1S/C22H15N3O3/c26-22(17-8-5-9-18(13-17)25(27)28)24-23-14-21-19-10-3-1-6-15(19)12-16-7-2-4-11-20(16)21/h1-14H,(H,24,26)/b23-14+. The third-order valence-corrected chi connectivity index (χ3v) is 4.49. The van der Waals surface area contributed by atoms with Crippen molar-refractivity contribution in [1.82, 2.24) is 5.43 Å². The molecule has 0 atom stereocenters. The molecule has 0 bridgehead atoms. The number of fused-ring (bicyclic) bond motifs is 2. The van der Waals surface area contributed by atoms with Crippen LogP contribution in [0.5, 0.6) is 0 Å². The van der Waals surface area contributed by atoms with Gasteiger partial charge in [-0.25, -0.2) is 5.43 Å². The van der Waals surface area contributed by atoms with Crippen LogP contribution in [-0.2, 0) is 0 Å². The quantitative estimate of drug-likeness (QED) is 0.246. The zero-order valence-electron chi connectivity index (χ0n) is 14.7. The summed E-state index contributed by atoms with van der Waals surface area (Å²) in [7, 11) is 0. The molecule has 28 heavy (non-hydrogen) atoms. The SMILES string of the molecule is O=C(N/N=C/c1c2ccccc2cc2ccccc12)c1cccc([N+](=O)[O-])c1. The number of hydrogen-bond acceptors (Lipinski definition) is 4.